The summed E-state index contributed by atoms with van der Waals surface area (Å²) in [5.74, 6) is 1.07. The van der Waals surface area contributed by atoms with Crippen LogP contribution in [0.2, 0.25) is 5.02 Å². The van der Waals surface area contributed by atoms with Crippen LogP contribution in [0.5, 0.6) is 11.5 Å². The Bertz CT molecular complexity index is 489. The summed E-state index contributed by atoms with van der Waals surface area (Å²) in [5, 5.41) is 4.06. The molecule has 1 aromatic rings. The van der Waals surface area contributed by atoms with Crippen LogP contribution in [0.25, 0.3) is 0 Å². The molecular formula is C12H16ClN3O3. The minimum Gasteiger partial charge on any atom is -0.493 e. The van der Waals surface area contributed by atoms with Crippen LogP contribution < -0.4 is 20.6 Å². The molecule has 0 fully saturated rings. The number of nitrogens with two attached hydrogens (primary N) is 1. The lowest BCUT2D eigenvalue weighted by molar-refractivity contribution is 0.230. The molecule has 0 aliphatic rings. The third kappa shape index (κ3) is 4.67. The number of amides is 2. The largest absolute Gasteiger partial charge is 0.493 e. The van der Waals surface area contributed by atoms with Crippen molar-refractivity contribution in [3.8, 4) is 11.5 Å². The van der Waals surface area contributed by atoms with Crippen LogP contribution in [-0.2, 0) is 0 Å². The first-order valence-electron chi connectivity index (χ1n) is 5.56. The summed E-state index contributed by atoms with van der Waals surface area (Å²) in [4.78, 5) is 10.5. The van der Waals surface area contributed by atoms with Crippen LogP contribution in [0.3, 0.4) is 0 Å². The quantitative estimate of drug-likeness (QED) is 0.642. The van der Waals surface area contributed by atoms with Gasteiger partial charge in [0.15, 0.2) is 11.5 Å². The van der Waals surface area contributed by atoms with Gasteiger partial charge in [-0.2, -0.15) is 5.10 Å². The van der Waals surface area contributed by atoms with Crippen molar-refractivity contribution in [2.24, 2.45) is 10.8 Å². The van der Waals surface area contributed by atoms with Crippen molar-refractivity contribution in [3.63, 3.8) is 0 Å². The Balaban J connectivity index is 3.01. The Morgan fingerprint density at radius 2 is 2.16 bits per heavy atom. The molecule has 0 saturated carbocycles. The molecule has 7 heteroatoms. The van der Waals surface area contributed by atoms with Gasteiger partial charge < -0.3 is 15.2 Å². The van der Waals surface area contributed by atoms with Gasteiger partial charge in [0.1, 0.15) is 0 Å². The lowest BCUT2D eigenvalue weighted by atomic mass is 10.2. The van der Waals surface area contributed by atoms with Gasteiger partial charge >= 0.3 is 6.03 Å². The first kappa shape index (κ1) is 15.1. The summed E-state index contributed by atoms with van der Waals surface area (Å²) in [7, 11) is 1.53. The molecule has 0 aromatic heterocycles. The minimum absolute atomic E-state index is 0.000937. The maximum atomic E-state index is 10.5. The monoisotopic (exact) mass is 285 g/mol. The highest BCUT2D eigenvalue weighted by molar-refractivity contribution is 6.33. The number of halogens is 1. The van der Waals surface area contributed by atoms with Gasteiger partial charge in [-0.05, 0) is 19.9 Å². The highest BCUT2D eigenvalue weighted by Gasteiger charge is 2.10. The van der Waals surface area contributed by atoms with Crippen LogP contribution in [0, 0.1) is 0 Å². The van der Waals surface area contributed by atoms with Gasteiger partial charge in [0.05, 0.1) is 24.5 Å². The fourth-order valence-electron chi connectivity index (χ4n) is 1.32. The van der Waals surface area contributed by atoms with Gasteiger partial charge in [-0.1, -0.05) is 11.6 Å². The Morgan fingerprint density at radius 1 is 1.47 bits per heavy atom. The van der Waals surface area contributed by atoms with Gasteiger partial charge in [-0.3, -0.25) is 0 Å². The fourth-order valence-corrected chi connectivity index (χ4v) is 1.52. The van der Waals surface area contributed by atoms with Crippen molar-refractivity contribution < 1.29 is 14.3 Å². The predicted molar refractivity (Wildman–Crippen MR) is 74.1 cm³/mol. The molecule has 6 nitrogen and oxygen atoms in total. The van der Waals surface area contributed by atoms with E-state index < -0.39 is 6.03 Å². The second-order valence-electron chi connectivity index (χ2n) is 3.93. The average Bonchev–Trinajstić information content (AvgIpc) is 2.30. The number of hydrogen-bond acceptors (Lipinski definition) is 4. The van der Waals surface area contributed by atoms with Crippen molar-refractivity contribution >= 4 is 23.8 Å². The van der Waals surface area contributed by atoms with Crippen LogP contribution in [0.1, 0.15) is 19.4 Å². The van der Waals surface area contributed by atoms with Crippen LogP contribution in [-0.4, -0.2) is 25.5 Å². The summed E-state index contributed by atoms with van der Waals surface area (Å²) >= 11 is 6.09. The van der Waals surface area contributed by atoms with Gasteiger partial charge in [-0.25, -0.2) is 10.2 Å². The molecule has 0 aliphatic heterocycles. The molecular weight excluding hydrogens is 270 g/mol. The smallest absolute Gasteiger partial charge is 0.332 e. The first-order valence-corrected chi connectivity index (χ1v) is 5.94. The number of carbonyl (C=O) groups is 1. The molecule has 104 valence electrons. The molecule has 2 amide bonds. The van der Waals surface area contributed by atoms with E-state index in [1.54, 1.807) is 12.1 Å². The lowest BCUT2D eigenvalue weighted by Crippen LogP contribution is -2.24. The van der Waals surface area contributed by atoms with Crippen molar-refractivity contribution in [2.75, 3.05) is 7.11 Å². The molecule has 0 heterocycles. The minimum atomic E-state index is -0.751. The number of ether oxygens (including phenoxy) is 2. The molecule has 19 heavy (non-hydrogen) atoms. The van der Waals surface area contributed by atoms with E-state index in [1.165, 1.54) is 13.3 Å². The van der Waals surface area contributed by atoms with E-state index in [1.807, 2.05) is 13.8 Å². The summed E-state index contributed by atoms with van der Waals surface area (Å²) in [6, 6.07) is 2.54. The number of rotatable bonds is 5. The second-order valence-corrected chi connectivity index (χ2v) is 4.33. The Labute approximate surface area is 116 Å². The highest BCUT2D eigenvalue weighted by Crippen LogP contribution is 2.33. The van der Waals surface area contributed by atoms with Gasteiger partial charge in [-0.15, -0.1) is 0 Å². The van der Waals surface area contributed by atoms with Crippen LogP contribution >= 0.6 is 11.6 Å². The van der Waals surface area contributed by atoms with E-state index in [9.17, 15) is 4.79 Å². The van der Waals surface area contributed by atoms with Gasteiger partial charge in [0.25, 0.3) is 0 Å². The van der Waals surface area contributed by atoms with E-state index in [2.05, 4.69) is 10.5 Å². The molecule has 1 aromatic carbocycles. The molecule has 0 saturated heterocycles. The summed E-state index contributed by atoms with van der Waals surface area (Å²) in [6.07, 6.45) is 1.37. The Hall–Kier alpha value is -1.95. The Morgan fingerprint density at radius 3 is 2.68 bits per heavy atom. The fraction of sp³-hybridized carbons (Fsp3) is 0.333. The molecule has 0 unspecified atom stereocenters. The standard InChI is InChI=1S/C12H16ClN3O3/c1-7(2)19-11-5-9(13)8(4-10(11)18-3)6-15-16-12(14)17/h4-7H,1-3H3,(H3,14,16,17). The van der Waals surface area contributed by atoms with E-state index in [-0.39, 0.29) is 6.10 Å². The number of hydrogen-bond donors (Lipinski definition) is 2. The van der Waals surface area contributed by atoms with Crippen molar-refractivity contribution in [2.45, 2.75) is 20.0 Å². The zero-order chi connectivity index (χ0) is 14.4. The Kier molecular flexibility index (Phi) is 5.44. The van der Waals surface area contributed by atoms with Crippen molar-refractivity contribution in [1.82, 2.24) is 5.43 Å². The van der Waals surface area contributed by atoms with Gasteiger partial charge in [0, 0.05) is 11.6 Å². The topological polar surface area (TPSA) is 85.9 Å². The molecule has 0 atom stereocenters. The average molecular weight is 286 g/mol. The number of hydrazone groups is 1. The number of primary amides is 1. The van der Waals surface area contributed by atoms with Crippen LogP contribution in [0.4, 0.5) is 4.79 Å². The lowest BCUT2D eigenvalue weighted by Gasteiger charge is -2.14. The highest BCUT2D eigenvalue weighted by atomic mass is 35.5. The summed E-state index contributed by atoms with van der Waals surface area (Å²) in [5.41, 5.74) is 7.54. The van der Waals surface area contributed by atoms with E-state index in [0.717, 1.165) is 0 Å². The molecule has 3 N–H and O–H groups in total. The predicted octanol–water partition coefficient (Wildman–Crippen LogP) is 2.14. The number of urea groups is 1. The third-order valence-corrected chi connectivity index (χ3v) is 2.35. The normalized spacial score (nSPS) is 10.8. The summed E-state index contributed by atoms with van der Waals surface area (Å²) in [6.45, 7) is 3.80. The van der Waals surface area contributed by atoms with E-state index in [0.29, 0.717) is 22.1 Å². The SMILES string of the molecule is COc1cc(C=NNC(N)=O)c(Cl)cc1OC(C)C. The number of nitrogens with zero attached hydrogens (tertiary/aromatic N) is 1. The molecule has 0 bridgehead atoms. The third-order valence-electron chi connectivity index (χ3n) is 2.02. The van der Waals surface area contributed by atoms with Gasteiger partial charge in [0.2, 0.25) is 0 Å². The zero-order valence-electron chi connectivity index (χ0n) is 10.9. The molecule has 0 aliphatic carbocycles. The maximum absolute atomic E-state index is 10.5. The molecule has 1 rings (SSSR count). The number of carbonyl (C=O) groups excluding carboxylic acids is 1. The van der Waals surface area contributed by atoms with Crippen molar-refractivity contribution in [1.29, 1.82) is 0 Å². The second kappa shape index (κ2) is 6.84. The first-order chi connectivity index (χ1) is 8.93. The molecule has 0 spiro atoms. The molecule has 0 radical (unpaired) electrons. The maximum Gasteiger partial charge on any atom is 0.332 e. The summed E-state index contributed by atoms with van der Waals surface area (Å²) < 4.78 is 10.8. The number of benzene rings is 1. The van der Waals surface area contributed by atoms with Crippen molar-refractivity contribution in [3.05, 3.63) is 22.7 Å². The van der Waals surface area contributed by atoms with E-state index in [4.69, 9.17) is 26.8 Å². The number of methoxy groups -OCH3 is 1. The van der Waals surface area contributed by atoms with E-state index >= 15 is 0 Å². The van der Waals surface area contributed by atoms with Crippen LogP contribution in [0.15, 0.2) is 17.2 Å². The number of nitrogens with one attached hydrogen (secondary N) is 1. The zero-order valence-corrected chi connectivity index (χ0v) is 11.7.